The van der Waals surface area contributed by atoms with Gasteiger partial charge in [0.15, 0.2) is 0 Å². The molecule has 0 spiro atoms. The normalized spacial score (nSPS) is 16.1. The number of epoxide rings is 1. The van der Waals surface area contributed by atoms with Crippen LogP contribution in [0.3, 0.4) is 0 Å². The van der Waals surface area contributed by atoms with E-state index < -0.39 is 23.4 Å². The highest BCUT2D eigenvalue weighted by atomic mass is 127. The van der Waals surface area contributed by atoms with Gasteiger partial charge in [0.05, 0.1) is 52.7 Å². The molecule has 1 saturated heterocycles. The van der Waals surface area contributed by atoms with Crippen LogP contribution in [0, 0.1) is 17.4 Å². The third-order valence-electron chi connectivity index (χ3n) is 9.89. The fraction of sp³-hybridized carbons (Fsp3) is 0.375. The number of benzene rings is 4. The van der Waals surface area contributed by atoms with Gasteiger partial charge in [-0.15, -0.1) is 22.7 Å². The summed E-state index contributed by atoms with van der Waals surface area (Å²) in [5.41, 5.74) is 5.79. The highest BCUT2D eigenvalue weighted by Gasteiger charge is 2.35. The summed E-state index contributed by atoms with van der Waals surface area (Å²) in [4.78, 5) is 29.3. The molecule has 2 aromatic heterocycles. The molecule has 0 bridgehead atoms. The molecule has 1 fully saturated rings. The average Bonchev–Trinajstić information content (AvgIpc) is 3.82. The Morgan fingerprint density at radius 1 is 0.820 bits per heavy atom. The lowest BCUT2D eigenvalue weighted by molar-refractivity contribution is 0.0545. The molecule has 1 N–H and O–H groups in total. The van der Waals surface area contributed by atoms with Crippen LogP contribution in [-0.2, 0) is 33.8 Å². The Kier molecular flexibility index (Phi) is 13.5. The first-order valence-corrected chi connectivity index (χ1v) is 23.2. The molecule has 10 nitrogen and oxygen atoms in total. The molecule has 0 aliphatic carbocycles. The van der Waals surface area contributed by atoms with Crippen LogP contribution in [-0.4, -0.2) is 60.4 Å². The summed E-state index contributed by atoms with van der Waals surface area (Å²) < 4.78 is 32.4. The van der Waals surface area contributed by atoms with Crippen LogP contribution in [0.4, 0.5) is 21.0 Å². The van der Waals surface area contributed by atoms with Crippen molar-refractivity contribution in [3.8, 4) is 11.5 Å². The molecule has 2 atom stereocenters. The number of rotatable bonds is 9. The number of β-amino-alcohol motifs (C(OH)–C–C–N with tert-alkyl or cyclic N) is 1. The van der Waals surface area contributed by atoms with Gasteiger partial charge in [0.25, 0.3) is 0 Å². The fourth-order valence-electron chi connectivity index (χ4n) is 7.08. The summed E-state index contributed by atoms with van der Waals surface area (Å²) in [5, 5.41) is 16.9. The molecule has 0 saturated carbocycles. The lowest BCUT2D eigenvalue weighted by atomic mass is 9.94. The number of thiophene rings is 2. The van der Waals surface area contributed by atoms with E-state index in [2.05, 4.69) is 47.2 Å². The first-order chi connectivity index (χ1) is 29.0. The number of halogens is 1. The molecule has 13 heteroatoms. The lowest BCUT2D eigenvalue weighted by Crippen LogP contribution is -2.45. The Balaban J connectivity index is 0.000000184. The van der Waals surface area contributed by atoms with E-state index in [-0.39, 0.29) is 18.7 Å². The van der Waals surface area contributed by atoms with Crippen LogP contribution < -0.4 is 19.3 Å². The van der Waals surface area contributed by atoms with E-state index in [1.165, 1.54) is 5.56 Å². The summed E-state index contributed by atoms with van der Waals surface area (Å²) >= 11 is 5.63. The Bertz CT molecular complexity index is 2500. The second-order valence-corrected chi connectivity index (χ2v) is 20.2. The number of ether oxygens (including phenoxy) is 5. The summed E-state index contributed by atoms with van der Waals surface area (Å²) in [6.07, 6.45) is -0.924. The minimum absolute atomic E-state index is 0.0382. The molecule has 0 radical (unpaired) electrons. The van der Waals surface area contributed by atoms with E-state index in [0.717, 1.165) is 68.9 Å². The largest absolute Gasteiger partial charge is 0.487 e. The number of amides is 2. The molecule has 6 aromatic rings. The zero-order valence-electron chi connectivity index (χ0n) is 35.9. The smallest absolute Gasteiger partial charge is 0.414 e. The number of fused-ring (bicyclic) bond motifs is 4. The van der Waals surface area contributed by atoms with Crippen LogP contribution in [0.5, 0.6) is 11.5 Å². The van der Waals surface area contributed by atoms with Crippen molar-refractivity contribution in [1.82, 2.24) is 0 Å². The molecule has 322 valence electrons. The Morgan fingerprint density at radius 3 is 1.89 bits per heavy atom. The van der Waals surface area contributed by atoms with Crippen molar-refractivity contribution in [2.24, 2.45) is 0 Å². The topological polar surface area (TPSA) is 110 Å². The lowest BCUT2D eigenvalue weighted by Gasteiger charge is -2.34. The fourth-order valence-corrected chi connectivity index (χ4v) is 10.5. The van der Waals surface area contributed by atoms with Gasteiger partial charge in [0.2, 0.25) is 0 Å². The van der Waals surface area contributed by atoms with Crippen LogP contribution in [0.2, 0.25) is 0 Å². The van der Waals surface area contributed by atoms with E-state index in [0.29, 0.717) is 32.8 Å². The predicted molar refractivity (Wildman–Crippen MR) is 254 cm³/mol. The molecule has 8 rings (SSSR count). The van der Waals surface area contributed by atoms with Gasteiger partial charge < -0.3 is 28.8 Å². The summed E-state index contributed by atoms with van der Waals surface area (Å²) in [6.45, 7) is 17.5. The molecule has 0 unspecified atom stereocenters. The zero-order chi connectivity index (χ0) is 43.6. The minimum atomic E-state index is -0.636. The number of carbonyl (C=O) groups excluding carboxylic acids is 2. The van der Waals surface area contributed by atoms with E-state index in [4.69, 9.17) is 23.7 Å². The number of aryl methyl sites for hydroxylation is 2. The number of aliphatic hydroxyl groups is 1. The second-order valence-electron chi connectivity index (χ2n) is 17.4. The second kappa shape index (κ2) is 18.5. The first-order valence-electron chi connectivity index (χ1n) is 20.3. The number of hydrogen-bond donors (Lipinski definition) is 1. The monoisotopic (exact) mass is 976 g/mol. The first kappa shape index (κ1) is 44.6. The number of carbonyl (C=O) groups is 2. The third-order valence-corrected chi connectivity index (χ3v) is 13.2. The van der Waals surface area contributed by atoms with Gasteiger partial charge in [-0.3, -0.25) is 9.80 Å². The van der Waals surface area contributed by atoms with Crippen molar-refractivity contribution in [2.75, 3.05) is 29.5 Å². The van der Waals surface area contributed by atoms with E-state index in [9.17, 15) is 14.7 Å². The van der Waals surface area contributed by atoms with E-state index >= 15 is 0 Å². The van der Waals surface area contributed by atoms with Crippen LogP contribution in [0.25, 0.3) is 20.2 Å². The predicted octanol–water partition coefficient (Wildman–Crippen LogP) is 12.0. The SMILES string of the molecule is Cc1csc2c(OCc3ccccc3)cc(N(C[C@@H]3CO3)C(=O)OC(C)(C)C)c(I)c12.Cc1csc2c(OCc3ccccc3)cc3c(c12)C[C@H](O)CN3C(=O)OC(C)(C)C. The molecule has 2 aliphatic heterocycles. The highest BCUT2D eigenvalue weighted by molar-refractivity contribution is 14.1. The molecule has 2 aliphatic rings. The van der Waals surface area contributed by atoms with Crippen molar-refractivity contribution in [2.45, 2.75) is 98.4 Å². The maximum Gasteiger partial charge on any atom is 0.414 e. The van der Waals surface area contributed by atoms with Gasteiger partial charge in [-0.25, -0.2) is 9.59 Å². The minimum Gasteiger partial charge on any atom is -0.487 e. The number of hydrogen-bond acceptors (Lipinski definition) is 10. The van der Waals surface area contributed by atoms with Crippen LogP contribution >= 0.6 is 45.3 Å². The van der Waals surface area contributed by atoms with Gasteiger partial charge in [-0.05, 0) is 117 Å². The average molecular weight is 977 g/mol. The quantitative estimate of drug-likeness (QED) is 0.113. The molecular formula is C48H53IN2O8S2. The van der Waals surface area contributed by atoms with Gasteiger partial charge in [-0.1, -0.05) is 60.7 Å². The molecule has 2 amide bonds. The summed E-state index contributed by atoms with van der Waals surface area (Å²) in [7, 11) is 0. The number of nitrogens with zero attached hydrogens (tertiary/aromatic N) is 2. The standard InChI is InChI=1S/C24H26INO4S.C24H27NO4S/c1-15-14-31-22-19(29-12-16-8-6-5-7-9-16)10-18(21(25)20(15)22)26(11-17-13-28-17)23(27)30-24(2,3)4;1-15-14-30-22-20(28-13-16-8-6-5-7-9-16)11-19-18(21(15)22)10-17(26)12-25(19)23(27)29-24(2,3)4/h5-10,14,17H,11-13H2,1-4H3;5-9,11,14,17,26H,10,12-13H2,1-4H3/t2*17-/m10/s1. The third kappa shape index (κ3) is 11.0. The highest BCUT2D eigenvalue weighted by Crippen LogP contribution is 2.45. The number of aliphatic hydroxyl groups excluding tert-OH is 1. The Morgan fingerprint density at radius 2 is 1.34 bits per heavy atom. The Hall–Kier alpha value is -4.41. The number of anilines is 2. The van der Waals surface area contributed by atoms with E-state index in [1.54, 1.807) is 32.5 Å². The molecule has 4 heterocycles. The molecule has 61 heavy (non-hydrogen) atoms. The van der Waals surface area contributed by atoms with E-state index in [1.807, 2.05) is 114 Å². The van der Waals surface area contributed by atoms with Gasteiger partial charge in [-0.2, -0.15) is 0 Å². The van der Waals surface area contributed by atoms with Crippen molar-refractivity contribution in [3.63, 3.8) is 0 Å². The van der Waals surface area contributed by atoms with Gasteiger partial charge in [0, 0.05) is 32.9 Å². The maximum absolute atomic E-state index is 13.1. The van der Waals surface area contributed by atoms with Gasteiger partial charge in [0.1, 0.15) is 35.9 Å². The van der Waals surface area contributed by atoms with Crippen LogP contribution in [0.15, 0.2) is 83.6 Å². The van der Waals surface area contributed by atoms with Crippen molar-refractivity contribution >= 4 is 89.0 Å². The molecule has 4 aromatic carbocycles. The van der Waals surface area contributed by atoms with Crippen molar-refractivity contribution in [3.05, 3.63) is 115 Å². The van der Waals surface area contributed by atoms with Crippen LogP contribution in [0.1, 0.15) is 69.4 Å². The maximum atomic E-state index is 13.1. The Labute approximate surface area is 379 Å². The van der Waals surface area contributed by atoms with Gasteiger partial charge >= 0.3 is 12.2 Å². The molecular weight excluding hydrogens is 924 g/mol. The van der Waals surface area contributed by atoms with Crippen molar-refractivity contribution < 1.29 is 38.4 Å². The summed E-state index contributed by atoms with van der Waals surface area (Å²) in [5.74, 6) is 1.52. The summed E-state index contributed by atoms with van der Waals surface area (Å²) in [6, 6.07) is 24.0. The zero-order valence-corrected chi connectivity index (χ0v) is 39.7. The van der Waals surface area contributed by atoms with Crippen molar-refractivity contribution in [1.29, 1.82) is 0 Å².